The molecule has 1 aromatic rings. The van der Waals surface area contributed by atoms with E-state index in [2.05, 4.69) is 6.92 Å². The third-order valence-corrected chi connectivity index (χ3v) is 4.39. The van der Waals surface area contributed by atoms with Gasteiger partial charge in [0.15, 0.2) is 0 Å². The Balaban J connectivity index is 1.82. The van der Waals surface area contributed by atoms with Crippen molar-refractivity contribution in [1.29, 1.82) is 0 Å². The second-order valence-corrected chi connectivity index (χ2v) is 5.99. The Labute approximate surface area is 137 Å². The van der Waals surface area contributed by atoms with Crippen molar-refractivity contribution in [2.24, 2.45) is 5.73 Å². The summed E-state index contributed by atoms with van der Waals surface area (Å²) >= 11 is 0. The van der Waals surface area contributed by atoms with Crippen LogP contribution in [0.25, 0.3) is 0 Å². The number of benzene rings is 1. The Morgan fingerprint density at radius 3 is 2.61 bits per heavy atom. The van der Waals surface area contributed by atoms with Gasteiger partial charge in [-0.2, -0.15) is 0 Å². The van der Waals surface area contributed by atoms with Gasteiger partial charge in [0.1, 0.15) is 5.75 Å². The highest BCUT2D eigenvalue weighted by Gasteiger charge is 2.23. The highest BCUT2D eigenvalue weighted by atomic mass is 16.5. The number of likely N-dealkylation sites (tertiary alicyclic amines) is 1. The Hall–Kier alpha value is -2.04. The monoisotopic (exact) mass is 318 g/mol. The van der Waals surface area contributed by atoms with E-state index in [1.165, 1.54) is 12.8 Å². The largest absolute Gasteiger partial charge is 0.493 e. The van der Waals surface area contributed by atoms with Crippen LogP contribution in [0.3, 0.4) is 0 Å². The molecule has 2 rings (SSSR count). The van der Waals surface area contributed by atoms with Gasteiger partial charge < -0.3 is 15.4 Å². The van der Waals surface area contributed by atoms with Gasteiger partial charge in [0.05, 0.1) is 13.0 Å². The predicted molar refractivity (Wildman–Crippen MR) is 89.3 cm³/mol. The second kappa shape index (κ2) is 8.56. The van der Waals surface area contributed by atoms with Crippen LogP contribution in [-0.4, -0.2) is 35.9 Å². The van der Waals surface area contributed by atoms with Gasteiger partial charge in [-0.25, -0.2) is 0 Å². The molecule has 1 aliphatic heterocycles. The molecule has 0 unspecified atom stereocenters. The maximum Gasteiger partial charge on any atom is 0.248 e. The molecule has 1 saturated heterocycles. The Bertz CT molecular complexity index is 528. The summed E-state index contributed by atoms with van der Waals surface area (Å²) in [4.78, 5) is 25.5. The first-order valence-electron chi connectivity index (χ1n) is 8.44. The normalized spacial score (nSPS) is 18.3. The molecule has 2 amide bonds. The van der Waals surface area contributed by atoms with E-state index in [-0.39, 0.29) is 5.91 Å². The predicted octanol–water partition coefficient (Wildman–Crippen LogP) is 2.74. The van der Waals surface area contributed by atoms with E-state index in [1.54, 1.807) is 24.3 Å². The number of hydrogen-bond donors (Lipinski definition) is 1. The van der Waals surface area contributed by atoms with Gasteiger partial charge in [-0.15, -0.1) is 0 Å². The van der Waals surface area contributed by atoms with Crippen LogP contribution >= 0.6 is 0 Å². The van der Waals surface area contributed by atoms with Crippen molar-refractivity contribution in [3.8, 4) is 5.75 Å². The van der Waals surface area contributed by atoms with E-state index < -0.39 is 5.91 Å². The molecular weight excluding hydrogens is 292 g/mol. The van der Waals surface area contributed by atoms with Gasteiger partial charge in [0.25, 0.3) is 0 Å². The molecule has 23 heavy (non-hydrogen) atoms. The number of carbonyl (C=O) groups is 2. The molecule has 5 nitrogen and oxygen atoms in total. The molecular formula is C18H26N2O3. The zero-order valence-corrected chi connectivity index (χ0v) is 13.8. The minimum absolute atomic E-state index is 0.174. The van der Waals surface area contributed by atoms with Crippen LogP contribution in [0.4, 0.5) is 0 Å². The SMILES string of the molecule is CC[C@@H]1CCCCCN1C(=O)CCOc1ccc(C(N)=O)cc1. The number of primary amides is 1. The van der Waals surface area contributed by atoms with Crippen LogP contribution in [0.15, 0.2) is 24.3 Å². The quantitative estimate of drug-likeness (QED) is 0.876. The van der Waals surface area contributed by atoms with Crippen LogP contribution in [0.1, 0.15) is 55.8 Å². The number of nitrogens with zero attached hydrogens (tertiary/aromatic N) is 1. The third kappa shape index (κ3) is 4.98. The zero-order chi connectivity index (χ0) is 16.7. The van der Waals surface area contributed by atoms with E-state index in [0.717, 1.165) is 25.8 Å². The summed E-state index contributed by atoms with van der Waals surface area (Å²) in [6.07, 6.45) is 6.03. The van der Waals surface area contributed by atoms with E-state index in [0.29, 0.717) is 30.4 Å². The molecule has 0 aromatic heterocycles. The molecule has 0 aliphatic carbocycles. The number of ether oxygens (including phenoxy) is 1. The molecule has 1 aromatic carbocycles. The summed E-state index contributed by atoms with van der Waals surface area (Å²) in [5, 5.41) is 0. The van der Waals surface area contributed by atoms with Gasteiger partial charge in [-0.1, -0.05) is 19.8 Å². The smallest absolute Gasteiger partial charge is 0.248 e. The van der Waals surface area contributed by atoms with Gasteiger partial charge in [0, 0.05) is 18.2 Å². The van der Waals surface area contributed by atoms with Crippen molar-refractivity contribution in [1.82, 2.24) is 4.90 Å². The minimum Gasteiger partial charge on any atom is -0.493 e. The molecule has 0 spiro atoms. The van der Waals surface area contributed by atoms with E-state index in [4.69, 9.17) is 10.5 Å². The highest BCUT2D eigenvalue weighted by Crippen LogP contribution is 2.20. The van der Waals surface area contributed by atoms with Crippen molar-refractivity contribution < 1.29 is 14.3 Å². The van der Waals surface area contributed by atoms with Crippen LogP contribution < -0.4 is 10.5 Å². The van der Waals surface area contributed by atoms with Gasteiger partial charge in [0.2, 0.25) is 11.8 Å². The summed E-state index contributed by atoms with van der Waals surface area (Å²) in [7, 11) is 0. The minimum atomic E-state index is -0.460. The molecule has 0 bridgehead atoms. The molecule has 0 radical (unpaired) electrons. The Kier molecular flexibility index (Phi) is 6.44. The summed E-state index contributed by atoms with van der Waals surface area (Å²) in [6, 6.07) is 7.03. The number of carbonyl (C=O) groups excluding carboxylic acids is 2. The zero-order valence-electron chi connectivity index (χ0n) is 13.8. The maximum atomic E-state index is 12.4. The van der Waals surface area contributed by atoms with E-state index in [1.807, 2.05) is 4.90 Å². The lowest BCUT2D eigenvalue weighted by Crippen LogP contribution is -2.40. The summed E-state index contributed by atoms with van der Waals surface area (Å²) in [5.74, 6) is 0.358. The standard InChI is InChI=1S/C18H26N2O3/c1-2-15-6-4-3-5-12-20(15)17(21)11-13-23-16-9-7-14(8-10-16)18(19)22/h7-10,15H,2-6,11-13H2,1H3,(H2,19,22)/t15-/m1/s1. The van der Waals surface area contributed by atoms with Crippen LogP contribution in [0.5, 0.6) is 5.75 Å². The fourth-order valence-electron chi connectivity index (χ4n) is 3.05. The highest BCUT2D eigenvalue weighted by molar-refractivity contribution is 5.92. The summed E-state index contributed by atoms with van der Waals surface area (Å²) in [5.41, 5.74) is 5.64. The first kappa shape index (κ1) is 17.3. The van der Waals surface area contributed by atoms with Gasteiger partial charge in [-0.3, -0.25) is 9.59 Å². The molecule has 126 valence electrons. The molecule has 1 fully saturated rings. The first-order valence-corrected chi connectivity index (χ1v) is 8.44. The van der Waals surface area contributed by atoms with E-state index >= 15 is 0 Å². The van der Waals surface area contributed by atoms with Crippen molar-refractivity contribution >= 4 is 11.8 Å². The Morgan fingerprint density at radius 2 is 1.96 bits per heavy atom. The van der Waals surface area contributed by atoms with E-state index in [9.17, 15) is 9.59 Å². The van der Waals surface area contributed by atoms with Crippen molar-refractivity contribution in [3.63, 3.8) is 0 Å². The Morgan fingerprint density at radius 1 is 1.22 bits per heavy atom. The molecule has 1 atom stereocenters. The number of hydrogen-bond acceptors (Lipinski definition) is 3. The van der Waals surface area contributed by atoms with Crippen LogP contribution in [0, 0.1) is 0 Å². The van der Waals surface area contributed by atoms with Crippen molar-refractivity contribution in [2.45, 2.75) is 51.5 Å². The summed E-state index contributed by atoms with van der Waals surface area (Å²) in [6.45, 7) is 3.36. The number of amides is 2. The average Bonchev–Trinajstić information content (AvgIpc) is 2.80. The van der Waals surface area contributed by atoms with Gasteiger partial charge >= 0.3 is 0 Å². The van der Waals surface area contributed by atoms with Crippen LogP contribution in [0.2, 0.25) is 0 Å². The molecule has 0 saturated carbocycles. The van der Waals surface area contributed by atoms with Gasteiger partial charge in [-0.05, 0) is 43.5 Å². The molecule has 2 N–H and O–H groups in total. The average molecular weight is 318 g/mol. The van der Waals surface area contributed by atoms with Crippen LogP contribution in [-0.2, 0) is 4.79 Å². The van der Waals surface area contributed by atoms with Crippen molar-refractivity contribution in [2.75, 3.05) is 13.2 Å². The fraction of sp³-hybridized carbons (Fsp3) is 0.556. The lowest BCUT2D eigenvalue weighted by atomic mass is 10.1. The molecule has 1 heterocycles. The third-order valence-electron chi connectivity index (χ3n) is 4.39. The fourth-order valence-corrected chi connectivity index (χ4v) is 3.05. The topological polar surface area (TPSA) is 72.6 Å². The summed E-state index contributed by atoms with van der Waals surface area (Å²) < 4.78 is 5.60. The number of rotatable bonds is 6. The van der Waals surface area contributed by atoms with Crippen molar-refractivity contribution in [3.05, 3.63) is 29.8 Å². The lowest BCUT2D eigenvalue weighted by Gasteiger charge is -2.29. The first-order chi connectivity index (χ1) is 11.1. The molecule has 1 aliphatic rings. The lowest BCUT2D eigenvalue weighted by molar-refractivity contribution is -0.134. The second-order valence-electron chi connectivity index (χ2n) is 5.99. The molecule has 5 heteroatoms. The number of nitrogens with two attached hydrogens (primary N) is 1. The maximum absolute atomic E-state index is 12.4.